The lowest BCUT2D eigenvalue weighted by Gasteiger charge is -2.33. The summed E-state index contributed by atoms with van der Waals surface area (Å²) in [4.78, 5) is 38.5. The average Bonchev–Trinajstić information content (AvgIpc) is 2.74. The Kier molecular flexibility index (Phi) is 7.33. The molecule has 2 aromatic carbocycles. The molecule has 0 radical (unpaired) electrons. The predicted molar refractivity (Wildman–Crippen MR) is 111 cm³/mol. The summed E-state index contributed by atoms with van der Waals surface area (Å²) < 4.78 is 27.4. The van der Waals surface area contributed by atoms with Crippen LogP contribution in [0.1, 0.15) is 35.7 Å². The Hall–Kier alpha value is -3.29. The zero-order chi connectivity index (χ0) is 22.4. The lowest BCUT2D eigenvalue weighted by Crippen LogP contribution is -2.53. The molecule has 8 heteroatoms. The Labute approximate surface area is 179 Å². The highest BCUT2D eigenvalue weighted by Gasteiger charge is 2.28. The minimum absolute atomic E-state index is 0.0367. The fraction of sp³-hybridized carbons (Fsp3) is 0.348. The summed E-state index contributed by atoms with van der Waals surface area (Å²) in [5.41, 5.74) is 0.630. The predicted octanol–water partition coefficient (Wildman–Crippen LogP) is 2.43. The van der Waals surface area contributed by atoms with E-state index in [1.165, 1.54) is 31.2 Å². The first-order chi connectivity index (χ1) is 14.8. The van der Waals surface area contributed by atoms with Crippen molar-refractivity contribution >= 4 is 17.7 Å². The molecule has 31 heavy (non-hydrogen) atoms. The third kappa shape index (κ3) is 6.10. The van der Waals surface area contributed by atoms with Gasteiger partial charge in [-0.1, -0.05) is 24.3 Å². The quantitative estimate of drug-likeness (QED) is 0.741. The van der Waals surface area contributed by atoms with E-state index in [2.05, 4.69) is 10.6 Å². The van der Waals surface area contributed by atoms with Crippen molar-refractivity contribution < 1.29 is 23.2 Å². The maximum Gasteiger partial charge on any atom is 0.253 e. The molecule has 0 saturated carbocycles. The fourth-order valence-corrected chi connectivity index (χ4v) is 3.67. The SMILES string of the molecule is CC(=O)NC(Cc1ccccc1F)C(=O)NC1CCN(C(=O)c2cccc(F)c2)CC1. The first-order valence-electron chi connectivity index (χ1n) is 10.2. The van der Waals surface area contributed by atoms with Crippen molar-refractivity contribution in [1.82, 2.24) is 15.5 Å². The molecule has 0 spiro atoms. The Morgan fingerprint density at radius 2 is 1.77 bits per heavy atom. The number of nitrogens with zero attached hydrogens (tertiary/aromatic N) is 1. The van der Waals surface area contributed by atoms with Crippen LogP contribution in [0.5, 0.6) is 0 Å². The van der Waals surface area contributed by atoms with E-state index in [0.717, 1.165) is 0 Å². The number of carbonyl (C=O) groups is 3. The minimum Gasteiger partial charge on any atom is -0.351 e. The van der Waals surface area contributed by atoms with Gasteiger partial charge in [-0.3, -0.25) is 14.4 Å². The molecule has 3 amide bonds. The highest BCUT2D eigenvalue weighted by atomic mass is 19.1. The average molecular weight is 429 g/mol. The minimum atomic E-state index is -0.902. The normalized spacial score (nSPS) is 15.3. The molecule has 2 aromatic rings. The van der Waals surface area contributed by atoms with E-state index in [4.69, 9.17) is 0 Å². The van der Waals surface area contributed by atoms with Crippen molar-refractivity contribution in [1.29, 1.82) is 0 Å². The number of carbonyl (C=O) groups excluding carboxylic acids is 3. The van der Waals surface area contributed by atoms with Gasteiger partial charge in [0, 0.05) is 38.0 Å². The van der Waals surface area contributed by atoms with Crippen molar-refractivity contribution in [2.75, 3.05) is 13.1 Å². The van der Waals surface area contributed by atoms with Crippen LogP contribution in [-0.4, -0.2) is 47.8 Å². The number of rotatable bonds is 6. The number of piperidine rings is 1. The molecule has 1 fully saturated rings. The summed E-state index contributed by atoms with van der Waals surface area (Å²) in [6, 6.07) is 10.6. The summed E-state index contributed by atoms with van der Waals surface area (Å²) in [5, 5.41) is 5.48. The molecule has 3 rings (SSSR count). The Morgan fingerprint density at radius 1 is 1.06 bits per heavy atom. The van der Waals surface area contributed by atoms with Crippen LogP contribution < -0.4 is 10.6 Å². The van der Waals surface area contributed by atoms with E-state index in [9.17, 15) is 23.2 Å². The maximum absolute atomic E-state index is 14.0. The molecular weight excluding hydrogens is 404 g/mol. The summed E-state index contributed by atoms with van der Waals surface area (Å²) >= 11 is 0. The summed E-state index contributed by atoms with van der Waals surface area (Å²) in [5.74, 6) is -1.93. The molecule has 1 aliphatic heterocycles. The Morgan fingerprint density at radius 3 is 2.42 bits per heavy atom. The second-order valence-corrected chi connectivity index (χ2v) is 7.63. The Bertz CT molecular complexity index is 959. The van der Waals surface area contributed by atoms with Gasteiger partial charge in [-0.25, -0.2) is 8.78 Å². The molecular formula is C23H25F2N3O3. The number of halogens is 2. The summed E-state index contributed by atoms with van der Waals surface area (Å²) in [7, 11) is 0. The van der Waals surface area contributed by atoms with Crippen LogP contribution in [0.25, 0.3) is 0 Å². The standard InChI is InChI=1S/C23H25F2N3O3/c1-15(29)26-21(14-16-5-2-3-8-20(16)25)22(30)27-19-9-11-28(12-10-19)23(31)17-6-4-7-18(24)13-17/h2-8,13,19,21H,9-12,14H2,1H3,(H,26,29)(H,27,30). The van der Waals surface area contributed by atoms with Crippen LogP contribution in [0.3, 0.4) is 0 Å². The van der Waals surface area contributed by atoms with Crippen molar-refractivity contribution in [3.63, 3.8) is 0 Å². The van der Waals surface area contributed by atoms with Gasteiger partial charge in [0.05, 0.1) is 0 Å². The van der Waals surface area contributed by atoms with Crippen molar-refractivity contribution in [2.24, 2.45) is 0 Å². The van der Waals surface area contributed by atoms with Crippen LogP contribution >= 0.6 is 0 Å². The highest BCUT2D eigenvalue weighted by Crippen LogP contribution is 2.16. The molecule has 1 unspecified atom stereocenters. The largest absolute Gasteiger partial charge is 0.351 e. The number of benzene rings is 2. The molecule has 2 N–H and O–H groups in total. The zero-order valence-corrected chi connectivity index (χ0v) is 17.2. The van der Waals surface area contributed by atoms with Crippen molar-refractivity contribution in [3.05, 3.63) is 71.3 Å². The van der Waals surface area contributed by atoms with Gasteiger partial charge >= 0.3 is 0 Å². The third-order valence-electron chi connectivity index (χ3n) is 5.28. The van der Waals surface area contributed by atoms with E-state index in [-0.39, 0.29) is 29.8 Å². The number of hydrogen-bond acceptors (Lipinski definition) is 3. The van der Waals surface area contributed by atoms with Gasteiger partial charge in [-0.05, 0) is 42.7 Å². The molecule has 0 aliphatic carbocycles. The number of hydrogen-bond donors (Lipinski definition) is 2. The van der Waals surface area contributed by atoms with E-state index in [1.54, 1.807) is 29.2 Å². The van der Waals surface area contributed by atoms with Crippen molar-refractivity contribution in [3.8, 4) is 0 Å². The maximum atomic E-state index is 14.0. The van der Waals surface area contributed by atoms with Crippen LogP contribution in [0, 0.1) is 11.6 Å². The van der Waals surface area contributed by atoms with Gasteiger partial charge in [-0.2, -0.15) is 0 Å². The van der Waals surface area contributed by atoms with E-state index < -0.39 is 23.6 Å². The van der Waals surface area contributed by atoms with Crippen LogP contribution in [0.4, 0.5) is 8.78 Å². The topological polar surface area (TPSA) is 78.5 Å². The summed E-state index contributed by atoms with van der Waals surface area (Å²) in [6.45, 7) is 2.13. The molecule has 1 aliphatic rings. The van der Waals surface area contributed by atoms with Crippen LogP contribution in [0.15, 0.2) is 48.5 Å². The molecule has 1 saturated heterocycles. The molecule has 6 nitrogen and oxygen atoms in total. The number of amides is 3. The van der Waals surface area contributed by atoms with E-state index >= 15 is 0 Å². The van der Waals surface area contributed by atoms with Crippen LogP contribution in [0.2, 0.25) is 0 Å². The van der Waals surface area contributed by atoms with Gasteiger partial charge in [0.15, 0.2) is 0 Å². The highest BCUT2D eigenvalue weighted by molar-refractivity contribution is 5.94. The molecule has 164 valence electrons. The zero-order valence-electron chi connectivity index (χ0n) is 17.2. The smallest absolute Gasteiger partial charge is 0.253 e. The second kappa shape index (κ2) is 10.1. The lowest BCUT2D eigenvalue weighted by molar-refractivity contribution is -0.128. The van der Waals surface area contributed by atoms with E-state index in [1.807, 2.05) is 0 Å². The van der Waals surface area contributed by atoms with Crippen LogP contribution in [-0.2, 0) is 16.0 Å². The number of likely N-dealkylation sites (tertiary alicyclic amines) is 1. The fourth-order valence-electron chi connectivity index (χ4n) is 3.67. The number of nitrogens with one attached hydrogen (secondary N) is 2. The van der Waals surface area contributed by atoms with Gasteiger partial charge < -0.3 is 15.5 Å². The molecule has 1 heterocycles. The first kappa shape index (κ1) is 22.4. The van der Waals surface area contributed by atoms with Gasteiger partial charge in [0.2, 0.25) is 11.8 Å². The molecule has 0 aromatic heterocycles. The monoisotopic (exact) mass is 429 g/mol. The van der Waals surface area contributed by atoms with E-state index in [0.29, 0.717) is 31.5 Å². The second-order valence-electron chi connectivity index (χ2n) is 7.63. The lowest BCUT2D eigenvalue weighted by atomic mass is 10.0. The first-order valence-corrected chi connectivity index (χ1v) is 10.2. The third-order valence-corrected chi connectivity index (χ3v) is 5.28. The molecule has 1 atom stereocenters. The van der Waals surface area contributed by atoms with Crippen molar-refractivity contribution in [2.45, 2.75) is 38.3 Å². The summed E-state index contributed by atoms with van der Waals surface area (Å²) in [6.07, 6.45) is 1.09. The molecule has 0 bridgehead atoms. The van der Waals surface area contributed by atoms with Gasteiger partial charge in [0.1, 0.15) is 17.7 Å². The van der Waals surface area contributed by atoms with Gasteiger partial charge in [-0.15, -0.1) is 0 Å². The van der Waals surface area contributed by atoms with Gasteiger partial charge in [0.25, 0.3) is 5.91 Å². The Balaban J connectivity index is 1.57.